The van der Waals surface area contributed by atoms with Crippen molar-refractivity contribution < 1.29 is 4.79 Å². The zero-order valence-electron chi connectivity index (χ0n) is 12.1. The maximum atomic E-state index is 12.9. The third-order valence-electron chi connectivity index (χ3n) is 4.35. The first kappa shape index (κ1) is 14.6. The van der Waals surface area contributed by atoms with Gasteiger partial charge in [0.1, 0.15) is 0 Å². The highest BCUT2D eigenvalue weighted by molar-refractivity contribution is 9.09. The Labute approximate surface area is 134 Å². The first-order valence-corrected chi connectivity index (χ1v) is 8.77. The number of fused-ring (bicyclic) bond motifs is 1. The van der Waals surface area contributed by atoms with E-state index in [0.29, 0.717) is 6.04 Å². The number of amides is 1. The van der Waals surface area contributed by atoms with Gasteiger partial charge < -0.3 is 4.90 Å². The standard InChI is InChI=1S/C18H20BrNO/c19-11-12-20(17-7-3-4-8-17)18(21)16-10-9-14-5-1-2-6-15(14)13-16/h1-2,5-6,9-10,13,17H,3-4,7-8,11-12H2. The number of alkyl halides is 1. The van der Waals surface area contributed by atoms with Gasteiger partial charge in [-0.15, -0.1) is 0 Å². The number of carbonyl (C=O) groups excluding carboxylic acids is 1. The molecule has 110 valence electrons. The van der Waals surface area contributed by atoms with Crippen LogP contribution < -0.4 is 0 Å². The van der Waals surface area contributed by atoms with E-state index < -0.39 is 0 Å². The van der Waals surface area contributed by atoms with Crippen LogP contribution in [0.4, 0.5) is 0 Å². The molecular weight excluding hydrogens is 326 g/mol. The van der Waals surface area contributed by atoms with Crippen molar-refractivity contribution >= 4 is 32.6 Å². The van der Waals surface area contributed by atoms with Gasteiger partial charge >= 0.3 is 0 Å². The maximum absolute atomic E-state index is 12.9. The Morgan fingerprint density at radius 2 is 1.81 bits per heavy atom. The van der Waals surface area contributed by atoms with Crippen molar-refractivity contribution in [2.45, 2.75) is 31.7 Å². The van der Waals surface area contributed by atoms with E-state index in [2.05, 4.69) is 33.0 Å². The van der Waals surface area contributed by atoms with Gasteiger partial charge in [-0.25, -0.2) is 0 Å². The average molecular weight is 346 g/mol. The Hall–Kier alpha value is -1.35. The Balaban J connectivity index is 1.89. The molecule has 0 spiro atoms. The molecule has 1 amide bonds. The molecule has 0 saturated heterocycles. The predicted octanol–water partition coefficient (Wildman–Crippen LogP) is 4.62. The molecule has 2 aromatic rings. The summed E-state index contributed by atoms with van der Waals surface area (Å²) in [5.74, 6) is 0.173. The zero-order valence-corrected chi connectivity index (χ0v) is 13.7. The van der Waals surface area contributed by atoms with Crippen LogP contribution in [0.2, 0.25) is 0 Å². The maximum Gasteiger partial charge on any atom is 0.254 e. The molecule has 21 heavy (non-hydrogen) atoms. The van der Waals surface area contributed by atoms with Gasteiger partial charge in [0.05, 0.1) is 0 Å². The fourth-order valence-corrected chi connectivity index (χ4v) is 3.63. The quantitative estimate of drug-likeness (QED) is 0.740. The van der Waals surface area contributed by atoms with E-state index in [0.717, 1.165) is 35.7 Å². The highest BCUT2D eigenvalue weighted by atomic mass is 79.9. The van der Waals surface area contributed by atoms with Gasteiger partial charge in [0.15, 0.2) is 0 Å². The van der Waals surface area contributed by atoms with E-state index >= 15 is 0 Å². The average Bonchev–Trinajstić information content (AvgIpc) is 3.05. The van der Waals surface area contributed by atoms with Crippen molar-refractivity contribution in [1.82, 2.24) is 4.90 Å². The molecule has 0 aliphatic heterocycles. The summed E-state index contributed by atoms with van der Waals surface area (Å²) in [6.07, 6.45) is 4.78. The van der Waals surface area contributed by atoms with Gasteiger partial charge in [-0.3, -0.25) is 4.79 Å². The summed E-state index contributed by atoms with van der Waals surface area (Å²) >= 11 is 3.48. The van der Waals surface area contributed by atoms with Crippen molar-refractivity contribution in [3.8, 4) is 0 Å². The number of benzene rings is 2. The number of hydrogen-bond donors (Lipinski definition) is 0. The molecule has 2 nitrogen and oxygen atoms in total. The number of rotatable bonds is 4. The van der Waals surface area contributed by atoms with Crippen molar-refractivity contribution in [3.05, 3.63) is 48.0 Å². The number of carbonyl (C=O) groups is 1. The van der Waals surface area contributed by atoms with Gasteiger partial charge in [0.25, 0.3) is 5.91 Å². The zero-order chi connectivity index (χ0) is 14.7. The van der Waals surface area contributed by atoms with Crippen molar-refractivity contribution in [1.29, 1.82) is 0 Å². The molecule has 0 radical (unpaired) electrons. The van der Waals surface area contributed by atoms with Crippen LogP contribution in [-0.4, -0.2) is 28.7 Å². The van der Waals surface area contributed by atoms with Gasteiger partial charge in [-0.1, -0.05) is 59.1 Å². The Morgan fingerprint density at radius 3 is 2.52 bits per heavy atom. The van der Waals surface area contributed by atoms with Gasteiger partial charge in [0.2, 0.25) is 0 Å². The molecule has 1 aliphatic carbocycles. The molecule has 1 fully saturated rings. The topological polar surface area (TPSA) is 20.3 Å². The summed E-state index contributed by atoms with van der Waals surface area (Å²) in [6.45, 7) is 0.788. The minimum absolute atomic E-state index is 0.173. The molecule has 0 unspecified atom stereocenters. The molecule has 0 bridgehead atoms. The van der Waals surface area contributed by atoms with Crippen molar-refractivity contribution in [2.24, 2.45) is 0 Å². The van der Waals surface area contributed by atoms with Gasteiger partial charge in [0, 0.05) is 23.5 Å². The molecule has 0 atom stereocenters. The lowest BCUT2D eigenvalue weighted by atomic mass is 10.1. The predicted molar refractivity (Wildman–Crippen MR) is 91.0 cm³/mol. The molecule has 2 aromatic carbocycles. The van der Waals surface area contributed by atoms with Crippen molar-refractivity contribution in [2.75, 3.05) is 11.9 Å². The third kappa shape index (κ3) is 3.13. The summed E-state index contributed by atoms with van der Waals surface area (Å²) < 4.78 is 0. The molecule has 3 rings (SSSR count). The van der Waals surface area contributed by atoms with Gasteiger partial charge in [-0.05, 0) is 35.7 Å². The Bertz CT molecular complexity index is 634. The second-order valence-electron chi connectivity index (χ2n) is 5.69. The van der Waals surface area contributed by atoms with E-state index in [-0.39, 0.29) is 5.91 Å². The summed E-state index contributed by atoms with van der Waals surface area (Å²) in [6, 6.07) is 14.6. The first-order chi connectivity index (χ1) is 10.3. The summed E-state index contributed by atoms with van der Waals surface area (Å²) in [5, 5.41) is 3.15. The molecule has 3 heteroatoms. The summed E-state index contributed by atoms with van der Waals surface area (Å²) in [7, 11) is 0. The van der Waals surface area contributed by atoms with E-state index in [9.17, 15) is 4.79 Å². The van der Waals surface area contributed by atoms with Crippen LogP contribution in [0.1, 0.15) is 36.0 Å². The minimum Gasteiger partial charge on any atom is -0.335 e. The Kier molecular flexibility index (Phi) is 4.59. The largest absolute Gasteiger partial charge is 0.335 e. The van der Waals surface area contributed by atoms with Crippen LogP contribution >= 0.6 is 15.9 Å². The SMILES string of the molecule is O=C(c1ccc2ccccc2c1)N(CCBr)C1CCCC1. The Morgan fingerprint density at radius 1 is 1.10 bits per heavy atom. The molecule has 0 heterocycles. The van der Waals surface area contributed by atoms with Crippen LogP contribution in [0, 0.1) is 0 Å². The fourth-order valence-electron chi connectivity index (χ4n) is 3.25. The third-order valence-corrected chi connectivity index (χ3v) is 4.70. The minimum atomic E-state index is 0.173. The monoisotopic (exact) mass is 345 g/mol. The second kappa shape index (κ2) is 6.61. The van der Waals surface area contributed by atoms with E-state index in [1.807, 2.05) is 30.3 Å². The highest BCUT2D eigenvalue weighted by Gasteiger charge is 2.26. The van der Waals surface area contributed by atoms with Crippen molar-refractivity contribution in [3.63, 3.8) is 0 Å². The molecular formula is C18H20BrNO. The molecule has 0 N–H and O–H groups in total. The number of nitrogens with zero attached hydrogens (tertiary/aromatic N) is 1. The van der Waals surface area contributed by atoms with E-state index in [1.165, 1.54) is 18.2 Å². The van der Waals surface area contributed by atoms with Crippen LogP contribution in [0.5, 0.6) is 0 Å². The van der Waals surface area contributed by atoms with Gasteiger partial charge in [-0.2, -0.15) is 0 Å². The molecule has 1 aliphatic rings. The lowest BCUT2D eigenvalue weighted by molar-refractivity contribution is 0.0696. The number of halogens is 1. The highest BCUT2D eigenvalue weighted by Crippen LogP contribution is 2.26. The van der Waals surface area contributed by atoms with E-state index in [1.54, 1.807) is 0 Å². The smallest absolute Gasteiger partial charge is 0.254 e. The first-order valence-electron chi connectivity index (χ1n) is 7.65. The van der Waals surface area contributed by atoms with Crippen LogP contribution in [0.3, 0.4) is 0 Å². The molecule has 0 aromatic heterocycles. The fraction of sp³-hybridized carbons (Fsp3) is 0.389. The summed E-state index contributed by atoms with van der Waals surface area (Å²) in [4.78, 5) is 14.9. The summed E-state index contributed by atoms with van der Waals surface area (Å²) in [5.41, 5.74) is 0.807. The number of hydrogen-bond acceptors (Lipinski definition) is 1. The van der Waals surface area contributed by atoms with Crippen LogP contribution in [-0.2, 0) is 0 Å². The van der Waals surface area contributed by atoms with E-state index in [4.69, 9.17) is 0 Å². The second-order valence-corrected chi connectivity index (χ2v) is 6.48. The van der Waals surface area contributed by atoms with Crippen LogP contribution in [0.25, 0.3) is 10.8 Å². The normalized spacial score (nSPS) is 15.5. The lowest BCUT2D eigenvalue weighted by Crippen LogP contribution is -2.40. The van der Waals surface area contributed by atoms with Crippen LogP contribution in [0.15, 0.2) is 42.5 Å². The molecule has 1 saturated carbocycles. The lowest BCUT2D eigenvalue weighted by Gasteiger charge is -2.28.